The second-order valence-corrected chi connectivity index (χ2v) is 8.03. The first-order valence-electron chi connectivity index (χ1n) is 11.1. The van der Waals surface area contributed by atoms with E-state index in [9.17, 15) is 9.59 Å². The van der Waals surface area contributed by atoms with Gasteiger partial charge in [-0.25, -0.2) is 0 Å². The molecule has 0 bridgehead atoms. The molecule has 2 aliphatic rings. The zero-order chi connectivity index (χ0) is 21.6. The van der Waals surface area contributed by atoms with E-state index < -0.39 is 6.10 Å². The maximum atomic E-state index is 12.8. The highest BCUT2D eigenvalue weighted by molar-refractivity contribution is 5.95. The number of carbonyl (C=O) groups is 2. The fourth-order valence-corrected chi connectivity index (χ4v) is 4.06. The van der Waals surface area contributed by atoms with Crippen molar-refractivity contribution in [1.29, 1.82) is 0 Å². The lowest BCUT2D eigenvalue weighted by atomic mass is 10.1. The Hall–Kier alpha value is -3.22. The molecule has 0 radical (unpaired) electrons. The summed E-state index contributed by atoms with van der Waals surface area (Å²) in [6.07, 6.45) is 2.68. The third-order valence-corrected chi connectivity index (χ3v) is 5.66. The van der Waals surface area contributed by atoms with Gasteiger partial charge < -0.3 is 25.2 Å². The molecule has 0 spiro atoms. The van der Waals surface area contributed by atoms with Crippen LogP contribution in [-0.2, 0) is 9.59 Å². The van der Waals surface area contributed by atoms with Crippen LogP contribution >= 0.6 is 0 Å². The molecule has 7 heteroatoms. The van der Waals surface area contributed by atoms with Gasteiger partial charge in [0.1, 0.15) is 5.75 Å². The van der Waals surface area contributed by atoms with Crippen LogP contribution in [0.5, 0.6) is 5.75 Å². The smallest absolute Gasteiger partial charge is 0.262 e. The lowest BCUT2D eigenvalue weighted by molar-refractivity contribution is -0.128. The van der Waals surface area contributed by atoms with Gasteiger partial charge in [-0.05, 0) is 55.7 Å². The summed E-state index contributed by atoms with van der Waals surface area (Å²) in [5.74, 6) is 0.339. The van der Waals surface area contributed by atoms with Gasteiger partial charge in [0.25, 0.3) is 5.91 Å². The number of para-hydroxylation sites is 2. The predicted octanol–water partition coefficient (Wildman–Crippen LogP) is 3.02. The molecule has 1 atom stereocenters. The van der Waals surface area contributed by atoms with Gasteiger partial charge in [0.15, 0.2) is 6.10 Å². The Bertz CT molecular complexity index is 909. The van der Waals surface area contributed by atoms with E-state index in [-0.39, 0.29) is 18.4 Å². The summed E-state index contributed by atoms with van der Waals surface area (Å²) < 4.78 is 5.89. The molecule has 4 rings (SSSR count). The zero-order valence-electron chi connectivity index (χ0n) is 18.0. The second kappa shape index (κ2) is 9.73. The Morgan fingerprint density at radius 3 is 2.55 bits per heavy atom. The monoisotopic (exact) mass is 422 g/mol. The van der Waals surface area contributed by atoms with Crippen LogP contribution in [0.1, 0.15) is 26.2 Å². The summed E-state index contributed by atoms with van der Waals surface area (Å²) in [5, 5.41) is 5.86. The van der Waals surface area contributed by atoms with E-state index in [1.807, 2.05) is 48.2 Å². The minimum absolute atomic E-state index is 0.127. The summed E-state index contributed by atoms with van der Waals surface area (Å²) in [4.78, 5) is 29.5. The van der Waals surface area contributed by atoms with Gasteiger partial charge in [-0.1, -0.05) is 19.1 Å². The summed E-state index contributed by atoms with van der Waals surface area (Å²) in [5.41, 5.74) is 2.78. The molecule has 2 amide bonds. The number of nitrogens with one attached hydrogen (secondary N) is 2. The largest absolute Gasteiger partial charge is 0.477 e. The van der Waals surface area contributed by atoms with Crippen LogP contribution in [0.3, 0.4) is 0 Å². The number of hydrogen-bond acceptors (Lipinski definition) is 5. The van der Waals surface area contributed by atoms with Crippen LogP contribution < -0.4 is 25.2 Å². The Kier molecular flexibility index (Phi) is 6.60. The summed E-state index contributed by atoms with van der Waals surface area (Å²) in [6, 6.07) is 15.5. The molecule has 2 heterocycles. The minimum Gasteiger partial charge on any atom is -0.477 e. The molecule has 0 unspecified atom stereocenters. The molecule has 164 valence electrons. The molecule has 0 saturated carbocycles. The number of carbonyl (C=O) groups excluding carboxylic acids is 2. The fourth-order valence-electron chi connectivity index (χ4n) is 4.06. The third kappa shape index (κ3) is 5.10. The molecule has 7 nitrogen and oxygen atoms in total. The Balaban J connectivity index is 1.40. The quantitative estimate of drug-likeness (QED) is 0.718. The summed E-state index contributed by atoms with van der Waals surface area (Å²) >= 11 is 0. The number of amides is 2. The van der Waals surface area contributed by atoms with Crippen LogP contribution in [-0.4, -0.2) is 50.6 Å². The van der Waals surface area contributed by atoms with Crippen LogP contribution in [0.15, 0.2) is 48.5 Å². The molecule has 0 aromatic heterocycles. The van der Waals surface area contributed by atoms with Crippen LogP contribution in [0.4, 0.5) is 17.1 Å². The zero-order valence-corrected chi connectivity index (χ0v) is 18.0. The average molecular weight is 423 g/mol. The first-order valence-corrected chi connectivity index (χ1v) is 11.1. The van der Waals surface area contributed by atoms with Crippen molar-refractivity contribution >= 4 is 28.9 Å². The van der Waals surface area contributed by atoms with E-state index in [1.54, 1.807) is 0 Å². The van der Waals surface area contributed by atoms with Gasteiger partial charge in [0.05, 0.1) is 18.8 Å². The molecular weight excluding hydrogens is 392 g/mol. The van der Waals surface area contributed by atoms with Crippen LogP contribution in [0.2, 0.25) is 0 Å². The third-order valence-electron chi connectivity index (χ3n) is 5.66. The van der Waals surface area contributed by atoms with Crippen molar-refractivity contribution < 1.29 is 14.3 Å². The number of anilines is 3. The Morgan fingerprint density at radius 2 is 1.81 bits per heavy atom. The van der Waals surface area contributed by atoms with Gasteiger partial charge in [-0.3, -0.25) is 9.59 Å². The maximum absolute atomic E-state index is 12.8. The molecule has 0 aliphatic carbocycles. The lowest BCUT2D eigenvalue weighted by Crippen LogP contribution is -2.50. The van der Waals surface area contributed by atoms with Crippen molar-refractivity contribution in [1.82, 2.24) is 5.32 Å². The highest BCUT2D eigenvalue weighted by Crippen LogP contribution is 2.33. The Labute approximate surface area is 183 Å². The first kappa shape index (κ1) is 21.0. The van der Waals surface area contributed by atoms with E-state index >= 15 is 0 Å². The lowest BCUT2D eigenvalue weighted by Gasteiger charge is -2.35. The predicted molar refractivity (Wildman–Crippen MR) is 123 cm³/mol. The van der Waals surface area contributed by atoms with Gasteiger partial charge in [0, 0.05) is 31.0 Å². The minimum atomic E-state index is -0.644. The molecular formula is C24H30N4O3. The maximum Gasteiger partial charge on any atom is 0.262 e. The van der Waals surface area contributed by atoms with E-state index in [0.29, 0.717) is 18.8 Å². The SMILES string of the molecule is CCCNC(=O)[C@H]1CN(CC(=O)Nc2ccc(N3CCCC3)cc2)c2ccccc2O1. The first-order chi connectivity index (χ1) is 15.1. The molecule has 2 aromatic carbocycles. The van der Waals surface area contributed by atoms with Gasteiger partial charge in [0.2, 0.25) is 5.91 Å². The van der Waals surface area contributed by atoms with Gasteiger partial charge in [-0.2, -0.15) is 0 Å². The Morgan fingerprint density at radius 1 is 1.06 bits per heavy atom. The van der Waals surface area contributed by atoms with Crippen molar-refractivity contribution in [2.75, 3.05) is 47.8 Å². The molecule has 2 aromatic rings. The fraction of sp³-hybridized carbons (Fsp3) is 0.417. The number of fused-ring (bicyclic) bond motifs is 1. The molecule has 2 N–H and O–H groups in total. The van der Waals surface area contributed by atoms with Crippen molar-refractivity contribution in [2.24, 2.45) is 0 Å². The van der Waals surface area contributed by atoms with Crippen LogP contribution in [0.25, 0.3) is 0 Å². The van der Waals surface area contributed by atoms with Crippen molar-refractivity contribution in [3.05, 3.63) is 48.5 Å². The van der Waals surface area contributed by atoms with Gasteiger partial charge >= 0.3 is 0 Å². The van der Waals surface area contributed by atoms with E-state index in [2.05, 4.69) is 27.7 Å². The van der Waals surface area contributed by atoms with E-state index in [4.69, 9.17) is 4.74 Å². The standard InChI is InChI=1S/C24H30N4O3/c1-2-13-25-24(30)22-16-28(20-7-3-4-8-21(20)31-22)17-23(29)26-18-9-11-19(12-10-18)27-14-5-6-15-27/h3-4,7-12,22H,2,5-6,13-17H2,1H3,(H,25,30)(H,26,29)/t22-/m1/s1. The van der Waals surface area contributed by atoms with Crippen molar-refractivity contribution in [3.63, 3.8) is 0 Å². The number of hydrogen-bond donors (Lipinski definition) is 2. The van der Waals surface area contributed by atoms with Crippen molar-refractivity contribution in [3.8, 4) is 5.75 Å². The molecule has 1 fully saturated rings. The summed E-state index contributed by atoms with van der Waals surface area (Å²) in [6.45, 7) is 5.27. The van der Waals surface area contributed by atoms with Crippen LogP contribution in [0, 0.1) is 0 Å². The van der Waals surface area contributed by atoms with Crippen molar-refractivity contribution in [2.45, 2.75) is 32.3 Å². The molecule has 1 saturated heterocycles. The normalized spacial score (nSPS) is 17.6. The highest BCUT2D eigenvalue weighted by Gasteiger charge is 2.31. The number of nitrogens with zero attached hydrogens (tertiary/aromatic N) is 2. The highest BCUT2D eigenvalue weighted by atomic mass is 16.5. The van der Waals surface area contributed by atoms with E-state index in [0.717, 1.165) is 30.9 Å². The van der Waals surface area contributed by atoms with Gasteiger partial charge in [-0.15, -0.1) is 0 Å². The number of benzene rings is 2. The summed E-state index contributed by atoms with van der Waals surface area (Å²) in [7, 11) is 0. The number of ether oxygens (including phenoxy) is 1. The molecule has 2 aliphatic heterocycles. The second-order valence-electron chi connectivity index (χ2n) is 8.03. The topological polar surface area (TPSA) is 73.9 Å². The van der Waals surface area contributed by atoms with E-state index in [1.165, 1.54) is 18.5 Å². The number of rotatable bonds is 7. The average Bonchev–Trinajstić information content (AvgIpc) is 3.33. The molecule has 31 heavy (non-hydrogen) atoms.